The highest BCUT2D eigenvalue weighted by Gasteiger charge is 2.33. The average Bonchev–Trinajstić information content (AvgIpc) is 2.92. The normalized spacial score (nSPS) is 19.6. The number of piperazine rings is 1. The van der Waals surface area contributed by atoms with Crippen LogP contribution >= 0.6 is 0 Å². The molecular weight excluding hydrogens is 236 g/mol. The van der Waals surface area contributed by atoms with Crippen molar-refractivity contribution in [1.82, 2.24) is 20.4 Å². The number of amides is 1. The highest BCUT2D eigenvalue weighted by atomic mass is 16.5. The molecule has 0 radical (unpaired) electrons. The predicted octanol–water partition coefficient (Wildman–Crippen LogP) is -0.613. The third kappa shape index (κ3) is 2.51. The van der Waals surface area contributed by atoms with E-state index in [1.54, 1.807) is 13.0 Å². The number of H-pyrrole nitrogens is 1. The molecule has 7 heteroatoms. The first kappa shape index (κ1) is 12.6. The number of hydrogen-bond acceptors (Lipinski definition) is 5. The summed E-state index contributed by atoms with van der Waals surface area (Å²) in [5.74, 6) is -0.607. The SMILES string of the molecule is CCOC(=O)C1CNCCN1C(=O)c1ccn[nH]1. The zero-order valence-electron chi connectivity index (χ0n) is 10.2. The van der Waals surface area contributed by atoms with E-state index in [-0.39, 0.29) is 11.9 Å². The van der Waals surface area contributed by atoms with Gasteiger partial charge in [-0.1, -0.05) is 0 Å². The zero-order chi connectivity index (χ0) is 13.0. The van der Waals surface area contributed by atoms with Gasteiger partial charge in [-0.3, -0.25) is 9.89 Å². The summed E-state index contributed by atoms with van der Waals surface area (Å²) in [6.07, 6.45) is 1.51. The molecule has 1 atom stereocenters. The molecule has 7 nitrogen and oxygen atoms in total. The highest BCUT2D eigenvalue weighted by molar-refractivity contribution is 5.95. The summed E-state index contributed by atoms with van der Waals surface area (Å²) in [6.45, 7) is 3.60. The number of ether oxygens (including phenoxy) is 1. The molecule has 0 aliphatic carbocycles. The second-order valence-corrected chi connectivity index (χ2v) is 3.94. The summed E-state index contributed by atoms with van der Waals surface area (Å²) in [5.41, 5.74) is 0.381. The summed E-state index contributed by atoms with van der Waals surface area (Å²) in [5, 5.41) is 9.44. The number of aromatic nitrogens is 2. The molecule has 1 aromatic rings. The maximum atomic E-state index is 12.2. The van der Waals surface area contributed by atoms with Crippen molar-refractivity contribution in [3.63, 3.8) is 0 Å². The molecule has 1 unspecified atom stereocenters. The lowest BCUT2D eigenvalue weighted by atomic mass is 10.1. The maximum absolute atomic E-state index is 12.2. The van der Waals surface area contributed by atoms with Gasteiger partial charge in [0.15, 0.2) is 0 Å². The van der Waals surface area contributed by atoms with Crippen LogP contribution in [0.25, 0.3) is 0 Å². The maximum Gasteiger partial charge on any atom is 0.330 e. The van der Waals surface area contributed by atoms with E-state index >= 15 is 0 Å². The van der Waals surface area contributed by atoms with Gasteiger partial charge in [-0.15, -0.1) is 0 Å². The van der Waals surface area contributed by atoms with Crippen LogP contribution in [0.15, 0.2) is 12.3 Å². The molecule has 1 aliphatic rings. The fourth-order valence-corrected chi connectivity index (χ4v) is 1.93. The van der Waals surface area contributed by atoms with E-state index < -0.39 is 6.04 Å². The van der Waals surface area contributed by atoms with Crippen molar-refractivity contribution in [3.8, 4) is 0 Å². The van der Waals surface area contributed by atoms with Gasteiger partial charge >= 0.3 is 5.97 Å². The third-order valence-corrected chi connectivity index (χ3v) is 2.79. The van der Waals surface area contributed by atoms with Crippen LogP contribution in [0.3, 0.4) is 0 Å². The molecule has 2 rings (SSSR count). The average molecular weight is 252 g/mol. The van der Waals surface area contributed by atoms with Crippen LogP contribution < -0.4 is 5.32 Å². The van der Waals surface area contributed by atoms with Gasteiger partial charge < -0.3 is 15.0 Å². The number of hydrogen-bond donors (Lipinski definition) is 2. The Kier molecular flexibility index (Phi) is 3.93. The quantitative estimate of drug-likeness (QED) is 0.700. The fraction of sp³-hybridized carbons (Fsp3) is 0.545. The third-order valence-electron chi connectivity index (χ3n) is 2.79. The largest absolute Gasteiger partial charge is 0.464 e. The number of aromatic amines is 1. The van der Waals surface area contributed by atoms with Crippen LogP contribution in [0.4, 0.5) is 0 Å². The van der Waals surface area contributed by atoms with E-state index in [1.165, 1.54) is 11.1 Å². The molecule has 1 saturated heterocycles. The minimum atomic E-state index is -0.575. The Morgan fingerprint density at radius 2 is 2.44 bits per heavy atom. The highest BCUT2D eigenvalue weighted by Crippen LogP contribution is 2.10. The van der Waals surface area contributed by atoms with E-state index in [0.717, 1.165) is 0 Å². The van der Waals surface area contributed by atoms with Gasteiger partial charge in [0.25, 0.3) is 5.91 Å². The monoisotopic (exact) mass is 252 g/mol. The Hall–Kier alpha value is -1.89. The van der Waals surface area contributed by atoms with Crippen LogP contribution in [0.5, 0.6) is 0 Å². The van der Waals surface area contributed by atoms with E-state index in [9.17, 15) is 9.59 Å². The molecule has 0 aromatic carbocycles. The van der Waals surface area contributed by atoms with Crippen molar-refractivity contribution in [2.24, 2.45) is 0 Å². The smallest absolute Gasteiger partial charge is 0.330 e. The molecule has 1 amide bonds. The van der Waals surface area contributed by atoms with Gasteiger partial charge in [0.1, 0.15) is 11.7 Å². The van der Waals surface area contributed by atoms with Crippen LogP contribution in [0.2, 0.25) is 0 Å². The van der Waals surface area contributed by atoms with E-state index in [1.807, 2.05) is 0 Å². The Balaban J connectivity index is 2.12. The fourth-order valence-electron chi connectivity index (χ4n) is 1.93. The van der Waals surface area contributed by atoms with Gasteiger partial charge in [0.05, 0.1) is 6.61 Å². The number of carbonyl (C=O) groups excluding carboxylic acids is 2. The Morgan fingerprint density at radius 3 is 3.11 bits per heavy atom. The van der Waals surface area contributed by atoms with Crippen LogP contribution in [-0.2, 0) is 9.53 Å². The molecule has 2 N–H and O–H groups in total. The molecular formula is C11H16N4O3. The van der Waals surface area contributed by atoms with Gasteiger partial charge in [-0.2, -0.15) is 5.10 Å². The van der Waals surface area contributed by atoms with Crippen molar-refractivity contribution < 1.29 is 14.3 Å². The Labute approximate surface area is 104 Å². The number of nitrogens with zero attached hydrogens (tertiary/aromatic N) is 2. The van der Waals surface area contributed by atoms with Crippen molar-refractivity contribution in [2.45, 2.75) is 13.0 Å². The standard InChI is InChI=1S/C11H16N4O3/c1-2-18-11(17)9-7-12-5-6-15(9)10(16)8-3-4-13-14-8/h3-4,9,12H,2,5-7H2,1H3,(H,13,14). The van der Waals surface area contributed by atoms with Gasteiger partial charge in [0.2, 0.25) is 0 Å². The van der Waals surface area contributed by atoms with E-state index in [0.29, 0.717) is 31.9 Å². The van der Waals surface area contributed by atoms with Crippen LogP contribution in [0, 0.1) is 0 Å². The number of rotatable bonds is 3. The first-order valence-electron chi connectivity index (χ1n) is 5.91. The summed E-state index contributed by atoms with van der Waals surface area (Å²) in [6, 6.07) is 1.02. The number of nitrogens with one attached hydrogen (secondary N) is 2. The number of carbonyl (C=O) groups is 2. The summed E-state index contributed by atoms with van der Waals surface area (Å²) in [7, 11) is 0. The van der Waals surface area contributed by atoms with Crippen molar-refractivity contribution in [3.05, 3.63) is 18.0 Å². The minimum Gasteiger partial charge on any atom is -0.464 e. The molecule has 98 valence electrons. The van der Waals surface area contributed by atoms with Crippen molar-refractivity contribution >= 4 is 11.9 Å². The predicted molar refractivity (Wildman–Crippen MR) is 62.9 cm³/mol. The van der Waals surface area contributed by atoms with Crippen LogP contribution in [0.1, 0.15) is 17.4 Å². The first-order valence-corrected chi connectivity index (χ1v) is 5.91. The lowest BCUT2D eigenvalue weighted by molar-refractivity contribution is -0.149. The number of esters is 1. The molecule has 0 saturated carbocycles. The topological polar surface area (TPSA) is 87.3 Å². The Bertz CT molecular complexity index is 418. The van der Waals surface area contributed by atoms with Crippen molar-refractivity contribution in [2.75, 3.05) is 26.2 Å². The van der Waals surface area contributed by atoms with Gasteiger partial charge in [-0.05, 0) is 13.0 Å². The van der Waals surface area contributed by atoms with Crippen molar-refractivity contribution in [1.29, 1.82) is 0 Å². The van der Waals surface area contributed by atoms with E-state index in [4.69, 9.17) is 4.74 Å². The summed E-state index contributed by atoms with van der Waals surface area (Å²) < 4.78 is 4.98. The summed E-state index contributed by atoms with van der Waals surface area (Å²) >= 11 is 0. The molecule has 0 spiro atoms. The molecule has 1 fully saturated rings. The molecule has 18 heavy (non-hydrogen) atoms. The lowest BCUT2D eigenvalue weighted by Crippen LogP contribution is -2.57. The van der Waals surface area contributed by atoms with Gasteiger partial charge in [0, 0.05) is 25.8 Å². The zero-order valence-corrected chi connectivity index (χ0v) is 10.2. The second kappa shape index (κ2) is 5.63. The molecule has 1 aliphatic heterocycles. The lowest BCUT2D eigenvalue weighted by Gasteiger charge is -2.34. The second-order valence-electron chi connectivity index (χ2n) is 3.94. The van der Waals surface area contributed by atoms with Gasteiger partial charge in [-0.25, -0.2) is 4.79 Å². The summed E-state index contributed by atoms with van der Waals surface area (Å²) in [4.78, 5) is 25.5. The molecule has 2 heterocycles. The first-order chi connectivity index (χ1) is 8.74. The molecule has 1 aromatic heterocycles. The van der Waals surface area contributed by atoms with E-state index in [2.05, 4.69) is 15.5 Å². The van der Waals surface area contributed by atoms with Crippen LogP contribution in [-0.4, -0.2) is 59.3 Å². The minimum absolute atomic E-state index is 0.230. The molecule has 0 bridgehead atoms. The Morgan fingerprint density at radius 1 is 1.61 bits per heavy atom.